The van der Waals surface area contributed by atoms with Crippen LogP contribution in [0.5, 0.6) is 0 Å². The average molecular weight is 313 g/mol. The molecule has 0 bridgehead atoms. The molecular formula is C18H23N3O2. The van der Waals surface area contributed by atoms with Crippen LogP contribution in [0.4, 0.5) is 5.69 Å². The Morgan fingerprint density at radius 2 is 2.00 bits per heavy atom. The van der Waals surface area contributed by atoms with Gasteiger partial charge in [0.1, 0.15) is 6.42 Å². The van der Waals surface area contributed by atoms with Crippen molar-refractivity contribution in [1.82, 2.24) is 5.32 Å². The number of allylic oxidation sites excluding steroid dienone is 1. The molecule has 23 heavy (non-hydrogen) atoms. The number of benzene rings is 1. The average Bonchev–Trinajstić information content (AvgIpc) is 2.44. The Kier molecular flexibility index (Phi) is 6.52. The number of hydrogen-bond donors (Lipinski definition) is 2. The molecule has 1 aromatic rings. The van der Waals surface area contributed by atoms with Crippen molar-refractivity contribution < 1.29 is 9.59 Å². The van der Waals surface area contributed by atoms with Crippen molar-refractivity contribution in [2.24, 2.45) is 5.41 Å². The Labute approximate surface area is 137 Å². The van der Waals surface area contributed by atoms with Gasteiger partial charge in [-0.2, -0.15) is 5.26 Å². The van der Waals surface area contributed by atoms with Gasteiger partial charge in [0.2, 0.25) is 11.8 Å². The summed E-state index contributed by atoms with van der Waals surface area (Å²) in [5.74, 6) is -0.492. The summed E-state index contributed by atoms with van der Waals surface area (Å²) in [4.78, 5) is 23.3. The summed E-state index contributed by atoms with van der Waals surface area (Å²) in [6.45, 7) is 8.41. The first-order chi connectivity index (χ1) is 10.7. The van der Waals surface area contributed by atoms with E-state index in [-0.39, 0.29) is 23.7 Å². The molecule has 0 aliphatic heterocycles. The van der Waals surface area contributed by atoms with Crippen LogP contribution < -0.4 is 10.6 Å². The summed E-state index contributed by atoms with van der Waals surface area (Å²) in [6, 6.07) is 9.04. The molecule has 122 valence electrons. The molecule has 5 nitrogen and oxygen atoms in total. The third-order valence-corrected chi connectivity index (χ3v) is 3.45. The Balaban J connectivity index is 2.69. The van der Waals surface area contributed by atoms with E-state index in [9.17, 15) is 9.59 Å². The van der Waals surface area contributed by atoms with E-state index < -0.39 is 0 Å². The van der Waals surface area contributed by atoms with Crippen LogP contribution in [-0.2, 0) is 16.1 Å². The van der Waals surface area contributed by atoms with E-state index in [0.29, 0.717) is 12.2 Å². The standard InChI is InChI=1S/C18H23N3O2/c1-13(18(2,3)4)10-17(23)21-15-7-5-6-14(11-15)12-20-16(22)8-9-19/h5-7,10-11H,8,12H2,1-4H3,(H,20,22)(H,21,23)/b13-10+. The second-order valence-electron chi connectivity index (χ2n) is 6.38. The molecule has 0 spiro atoms. The van der Waals surface area contributed by atoms with Crippen LogP contribution in [0, 0.1) is 16.7 Å². The Morgan fingerprint density at radius 1 is 1.30 bits per heavy atom. The molecule has 0 aliphatic carbocycles. The van der Waals surface area contributed by atoms with Crippen LogP contribution in [0.25, 0.3) is 0 Å². The minimum atomic E-state index is -0.314. The molecule has 0 fully saturated rings. The minimum Gasteiger partial charge on any atom is -0.351 e. The molecule has 0 unspecified atom stereocenters. The normalized spacial score (nSPS) is 11.5. The maximum Gasteiger partial charge on any atom is 0.248 e. The quantitative estimate of drug-likeness (QED) is 0.819. The lowest BCUT2D eigenvalue weighted by Crippen LogP contribution is -2.21. The summed E-state index contributed by atoms with van der Waals surface area (Å²) in [5.41, 5.74) is 2.46. The van der Waals surface area contributed by atoms with Gasteiger partial charge in [-0.3, -0.25) is 9.59 Å². The summed E-state index contributed by atoms with van der Waals surface area (Å²) in [6.07, 6.45) is 1.44. The van der Waals surface area contributed by atoms with Gasteiger partial charge in [0.05, 0.1) is 6.07 Å². The fourth-order valence-corrected chi connectivity index (χ4v) is 1.69. The van der Waals surface area contributed by atoms with Gasteiger partial charge in [0.25, 0.3) is 0 Å². The third kappa shape index (κ3) is 6.79. The van der Waals surface area contributed by atoms with Crippen LogP contribution in [0.2, 0.25) is 0 Å². The monoisotopic (exact) mass is 313 g/mol. The highest BCUT2D eigenvalue weighted by atomic mass is 16.2. The van der Waals surface area contributed by atoms with Gasteiger partial charge >= 0.3 is 0 Å². The topological polar surface area (TPSA) is 82.0 Å². The van der Waals surface area contributed by atoms with Crippen molar-refractivity contribution >= 4 is 17.5 Å². The van der Waals surface area contributed by atoms with Crippen LogP contribution in [0.15, 0.2) is 35.9 Å². The van der Waals surface area contributed by atoms with E-state index >= 15 is 0 Å². The van der Waals surface area contributed by atoms with Gasteiger partial charge in [-0.05, 0) is 30.0 Å². The molecule has 0 heterocycles. The first-order valence-corrected chi connectivity index (χ1v) is 7.44. The van der Waals surface area contributed by atoms with Crippen LogP contribution in [0.3, 0.4) is 0 Å². The predicted molar refractivity (Wildman–Crippen MR) is 90.4 cm³/mol. The first kappa shape index (κ1) is 18.4. The number of rotatable bonds is 5. The molecule has 0 radical (unpaired) electrons. The van der Waals surface area contributed by atoms with Gasteiger partial charge in [0.15, 0.2) is 0 Å². The van der Waals surface area contributed by atoms with E-state index in [0.717, 1.165) is 11.1 Å². The fraction of sp³-hybridized carbons (Fsp3) is 0.389. The molecule has 2 amide bonds. The highest BCUT2D eigenvalue weighted by Gasteiger charge is 2.13. The number of carbonyl (C=O) groups excluding carboxylic acids is 2. The fourth-order valence-electron chi connectivity index (χ4n) is 1.69. The van der Waals surface area contributed by atoms with E-state index in [4.69, 9.17) is 5.26 Å². The second-order valence-corrected chi connectivity index (χ2v) is 6.38. The van der Waals surface area contributed by atoms with E-state index in [1.54, 1.807) is 24.3 Å². The van der Waals surface area contributed by atoms with E-state index in [1.807, 2.05) is 19.1 Å². The SMILES string of the molecule is C/C(=C\C(=O)Nc1cccc(CNC(=O)CC#N)c1)C(C)(C)C. The Hall–Kier alpha value is -2.61. The lowest BCUT2D eigenvalue weighted by Gasteiger charge is -2.19. The lowest BCUT2D eigenvalue weighted by atomic mass is 9.87. The molecule has 0 saturated carbocycles. The molecule has 2 N–H and O–H groups in total. The van der Waals surface area contributed by atoms with Gasteiger partial charge < -0.3 is 10.6 Å². The van der Waals surface area contributed by atoms with Gasteiger partial charge in [-0.1, -0.05) is 38.5 Å². The van der Waals surface area contributed by atoms with Gasteiger partial charge in [0, 0.05) is 18.3 Å². The van der Waals surface area contributed by atoms with Crippen LogP contribution >= 0.6 is 0 Å². The molecule has 1 aromatic carbocycles. The molecule has 0 aromatic heterocycles. The van der Waals surface area contributed by atoms with E-state index in [2.05, 4.69) is 31.4 Å². The van der Waals surface area contributed by atoms with Gasteiger partial charge in [-0.25, -0.2) is 0 Å². The maximum absolute atomic E-state index is 12.0. The Bertz CT molecular complexity index is 649. The van der Waals surface area contributed by atoms with Crippen molar-refractivity contribution in [2.45, 2.75) is 40.7 Å². The highest BCUT2D eigenvalue weighted by Crippen LogP contribution is 2.24. The van der Waals surface area contributed by atoms with Crippen molar-refractivity contribution in [3.8, 4) is 6.07 Å². The van der Waals surface area contributed by atoms with Crippen LogP contribution in [-0.4, -0.2) is 11.8 Å². The molecular weight excluding hydrogens is 290 g/mol. The molecule has 0 atom stereocenters. The second kappa shape index (κ2) is 8.14. The first-order valence-electron chi connectivity index (χ1n) is 7.44. The highest BCUT2D eigenvalue weighted by molar-refractivity contribution is 5.99. The third-order valence-electron chi connectivity index (χ3n) is 3.45. The molecule has 0 saturated heterocycles. The number of carbonyl (C=O) groups is 2. The number of hydrogen-bond acceptors (Lipinski definition) is 3. The largest absolute Gasteiger partial charge is 0.351 e. The number of nitrogens with zero attached hydrogens (tertiary/aromatic N) is 1. The van der Waals surface area contributed by atoms with E-state index in [1.165, 1.54) is 0 Å². The molecule has 5 heteroatoms. The summed E-state index contributed by atoms with van der Waals surface area (Å²) in [7, 11) is 0. The lowest BCUT2D eigenvalue weighted by molar-refractivity contribution is -0.120. The zero-order chi connectivity index (χ0) is 17.5. The maximum atomic E-state index is 12.0. The molecule has 0 aliphatic rings. The van der Waals surface area contributed by atoms with Crippen molar-refractivity contribution in [3.05, 3.63) is 41.5 Å². The zero-order valence-electron chi connectivity index (χ0n) is 14.1. The number of nitrogens with one attached hydrogen (secondary N) is 2. The van der Waals surface area contributed by atoms with Crippen molar-refractivity contribution in [1.29, 1.82) is 5.26 Å². The van der Waals surface area contributed by atoms with Gasteiger partial charge in [-0.15, -0.1) is 0 Å². The smallest absolute Gasteiger partial charge is 0.248 e. The zero-order valence-corrected chi connectivity index (χ0v) is 14.1. The number of anilines is 1. The number of amides is 2. The summed E-state index contributed by atoms with van der Waals surface area (Å²) >= 11 is 0. The summed E-state index contributed by atoms with van der Waals surface area (Å²) in [5, 5.41) is 13.9. The Morgan fingerprint density at radius 3 is 2.61 bits per heavy atom. The number of nitriles is 1. The van der Waals surface area contributed by atoms with Crippen LogP contribution in [0.1, 0.15) is 39.7 Å². The van der Waals surface area contributed by atoms with Crippen molar-refractivity contribution in [3.63, 3.8) is 0 Å². The van der Waals surface area contributed by atoms with Crippen molar-refractivity contribution in [2.75, 3.05) is 5.32 Å². The predicted octanol–water partition coefficient (Wildman–Crippen LogP) is 3.15. The molecule has 1 rings (SSSR count). The minimum absolute atomic E-state index is 0.0514. The summed E-state index contributed by atoms with van der Waals surface area (Å²) < 4.78 is 0.